The first-order valence-corrected chi connectivity index (χ1v) is 9.55. The van der Waals surface area contributed by atoms with E-state index in [2.05, 4.69) is 21.7 Å². The van der Waals surface area contributed by atoms with Crippen LogP contribution < -0.4 is 10.6 Å². The van der Waals surface area contributed by atoms with Crippen molar-refractivity contribution >= 4 is 29.4 Å². The van der Waals surface area contributed by atoms with Crippen molar-refractivity contribution in [3.63, 3.8) is 0 Å². The number of aromatic nitrogens is 1. The van der Waals surface area contributed by atoms with Crippen molar-refractivity contribution in [1.29, 1.82) is 0 Å². The van der Waals surface area contributed by atoms with Crippen LogP contribution in [0.15, 0.2) is 71.9 Å². The van der Waals surface area contributed by atoms with Gasteiger partial charge in [-0.05, 0) is 29.3 Å². The van der Waals surface area contributed by atoms with Crippen LogP contribution in [0.4, 0.5) is 11.4 Å². The van der Waals surface area contributed by atoms with E-state index in [0.29, 0.717) is 0 Å². The molecular weight excluding hydrogens is 358 g/mol. The van der Waals surface area contributed by atoms with Crippen LogP contribution in [0.2, 0.25) is 0 Å². The monoisotopic (exact) mass is 377 g/mol. The van der Waals surface area contributed by atoms with Crippen molar-refractivity contribution in [2.45, 2.75) is 16.3 Å². The van der Waals surface area contributed by atoms with E-state index in [4.69, 9.17) is 0 Å². The number of hydrogen-bond donors (Lipinski definition) is 3. The van der Waals surface area contributed by atoms with E-state index in [1.165, 1.54) is 11.8 Å². The summed E-state index contributed by atoms with van der Waals surface area (Å²) in [5.41, 5.74) is 4.85. The molecule has 3 aromatic rings. The third-order valence-corrected chi connectivity index (χ3v) is 5.53. The average molecular weight is 377 g/mol. The Hall–Kier alpha value is -2.83. The van der Waals surface area contributed by atoms with Gasteiger partial charge in [0, 0.05) is 28.5 Å². The van der Waals surface area contributed by atoms with Gasteiger partial charge in [0.05, 0.1) is 18.3 Å². The molecule has 0 spiro atoms. The number of nitrogens with zero attached hydrogens (tertiary/aromatic N) is 1. The lowest BCUT2D eigenvalue weighted by atomic mass is 10.1. The molecule has 0 saturated heterocycles. The number of carbonyl (C=O) groups is 1. The Kier molecular flexibility index (Phi) is 5.09. The van der Waals surface area contributed by atoms with Crippen molar-refractivity contribution in [1.82, 2.24) is 4.98 Å². The number of benzene rings is 2. The molecule has 136 valence electrons. The number of thioether (sulfide) groups is 1. The molecule has 0 bridgehead atoms. The predicted octanol–water partition coefficient (Wildman–Crippen LogP) is 3.94. The van der Waals surface area contributed by atoms with Crippen molar-refractivity contribution in [2.24, 2.45) is 0 Å². The van der Waals surface area contributed by atoms with Gasteiger partial charge >= 0.3 is 0 Å². The van der Waals surface area contributed by atoms with Gasteiger partial charge in [0.15, 0.2) is 6.29 Å². The molecule has 27 heavy (non-hydrogen) atoms. The molecule has 1 aromatic heterocycles. The molecule has 2 atom stereocenters. The van der Waals surface area contributed by atoms with Crippen LogP contribution in [0.5, 0.6) is 0 Å². The molecule has 1 unspecified atom stereocenters. The second-order valence-corrected chi connectivity index (χ2v) is 7.47. The fourth-order valence-electron chi connectivity index (χ4n) is 3.10. The maximum Gasteiger partial charge on any atom is 0.152 e. The number of aliphatic hydroxyl groups excluding tert-OH is 1. The summed E-state index contributed by atoms with van der Waals surface area (Å²) >= 11 is 1.51. The first kappa shape index (κ1) is 17.6. The lowest BCUT2D eigenvalue weighted by Gasteiger charge is -2.18. The lowest BCUT2D eigenvalue weighted by Crippen LogP contribution is -2.14. The summed E-state index contributed by atoms with van der Waals surface area (Å²) in [5.74, 6) is 0. The van der Waals surface area contributed by atoms with Crippen molar-refractivity contribution in [2.75, 3.05) is 17.2 Å². The first-order valence-electron chi connectivity index (χ1n) is 8.67. The number of fused-ring (bicyclic) bond motifs is 1. The lowest BCUT2D eigenvalue weighted by molar-refractivity contribution is -0.107. The highest BCUT2D eigenvalue weighted by molar-refractivity contribution is 8.01. The molecule has 1 aliphatic rings. The highest BCUT2D eigenvalue weighted by Gasteiger charge is 2.21. The smallest absolute Gasteiger partial charge is 0.152 e. The zero-order chi connectivity index (χ0) is 18.6. The average Bonchev–Trinajstić information content (AvgIpc) is 3.15. The molecule has 0 fully saturated rings. The molecule has 0 radical (unpaired) electrons. The zero-order valence-electron chi connectivity index (χ0n) is 14.5. The molecule has 2 aromatic carbocycles. The van der Waals surface area contributed by atoms with Crippen LogP contribution in [0.1, 0.15) is 11.6 Å². The first-order chi connectivity index (χ1) is 13.3. The predicted molar refractivity (Wildman–Crippen MR) is 109 cm³/mol. The van der Waals surface area contributed by atoms with Crippen LogP contribution in [0.25, 0.3) is 11.1 Å². The molecule has 1 aliphatic heterocycles. The largest absolute Gasteiger partial charge is 0.394 e. The Morgan fingerprint density at radius 3 is 2.78 bits per heavy atom. The van der Waals surface area contributed by atoms with Crippen LogP contribution in [0.3, 0.4) is 0 Å². The van der Waals surface area contributed by atoms with Gasteiger partial charge in [-0.15, -0.1) is 0 Å². The number of aldehydes is 1. The van der Waals surface area contributed by atoms with Gasteiger partial charge in [-0.1, -0.05) is 48.2 Å². The molecule has 5 nitrogen and oxygen atoms in total. The van der Waals surface area contributed by atoms with E-state index in [-0.39, 0.29) is 18.0 Å². The molecule has 0 aliphatic carbocycles. The number of pyridine rings is 1. The second kappa shape index (κ2) is 7.82. The van der Waals surface area contributed by atoms with E-state index in [1.54, 1.807) is 6.20 Å². The molecule has 6 heteroatoms. The quantitative estimate of drug-likeness (QED) is 0.565. The van der Waals surface area contributed by atoms with Gasteiger partial charge in [-0.2, -0.15) is 0 Å². The van der Waals surface area contributed by atoms with E-state index >= 15 is 0 Å². The highest BCUT2D eigenvalue weighted by Crippen LogP contribution is 2.40. The van der Waals surface area contributed by atoms with Gasteiger partial charge in [-0.3, -0.25) is 4.98 Å². The Balaban J connectivity index is 1.57. The summed E-state index contributed by atoms with van der Waals surface area (Å²) in [6.07, 6.45) is 4.48. The van der Waals surface area contributed by atoms with Gasteiger partial charge in [0.1, 0.15) is 5.37 Å². The molecule has 2 heterocycles. The number of hydrogen-bond acceptors (Lipinski definition) is 6. The maximum atomic E-state index is 11.0. The third-order valence-electron chi connectivity index (χ3n) is 4.45. The Morgan fingerprint density at radius 1 is 1.15 bits per heavy atom. The topological polar surface area (TPSA) is 74.2 Å². The summed E-state index contributed by atoms with van der Waals surface area (Å²) < 4.78 is 0. The summed E-state index contributed by atoms with van der Waals surface area (Å²) in [6, 6.07) is 17.7. The van der Waals surface area contributed by atoms with E-state index in [1.807, 2.05) is 54.7 Å². The van der Waals surface area contributed by atoms with Crippen LogP contribution in [-0.2, 0) is 4.79 Å². The minimum Gasteiger partial charge on any atom is -0.394 e. The van der Waals surface area contributed by atoms with Gasteiger partial charge < -0.3 is 20.5 Å². The summed E-state index contributed by atoms with van der Waals surface area (Å²) in [7, 11) is 0. The normalized spacial score (nSPS) is 16.3. The van der Waals surface area contributed by atoms with E-state index < -0.39 is 0 Å². The SMILES string of the molecule is O=CC1Nc2ccc(-c3cncc(N[C@@H](CO)c4ccccc4)c3)cc2S1. The number of carbonyl (C=O) groups excluding carboxylic acids is 1. The highest BCUT2D eigenvalue weighted by atomic mass is 32.2. The molecule has 0 saturated carbocycles. The van der Waals surface area contributed by atoms with E-state index in [9.17, 15) is 9.90 Å². The number of aliphatic hydroxyl groups is 1. The minimum atomic E-state index is -0.224. The minimum absolute atomic E-state index is 0.0114. The molecule has 4 rings (SSSR count). The number of rotatable bonds is 6. The summed E-state index contributed by atoms with van der Waals surface area (Å²) in [5, 5.41) is 16.0. The Bertz CT molecular complexity index is 949. The van der Waals surface area contributed by atoms with Crippen LogP contribution in [-0.4, -0.2) is 28.4 Å². The Morgan fingerprint density at radius 2 is 2.00 bits per heavy atom. The second-order valence-electron chi connectivity index (χ2n) is 6.28. The van der Waals surface area contributed by atoms with Gasteiger partial charge in [-0.25, -0.2) is 0 Å². The van der Waals surface area contributed by atoms with Gasteiger partial charge in [0.25, 0.3) is 0 Å². The fraction of sp³-hybridized carbons (Fsp3) is 0.143. The van der Waals surface area contributed by atoms with Crippen molar-refractivity contribution in [3.05, 3.63) is 72.6 Å². The number of nitrogens with one attached hydrogen (secondary N) is 2. The zero-order valence-corrected chi connectivity index (χ0v) is 15.3. The molecule has 3 N–H and O–H groups in total. The number of anilines is 2. The van der Waals surface area contributed by atoms with Crippen molar-refractivity contribution < 1.29 is 9.90 Å². The standard InChI is InChI=1S/C21H19N3O2S/c25-12-19(14-4-2-1-3-5-14)23-17-8-16(10-22-11-17)15-6-7-18-20(9-15)27-21(13-26)24-18/h1-11,13,19,21,23-25H,12H2/t19-,21?/m0/s1. The Labute approximate surface area is 161 Å². The van der Waals surface area contributed by atoms with E-state index in [0.717, 1.165) is 39.2 Å². The summed E-state index contributed by atoms with van der Waals surface area (Å²) in [6.45, 7) is -0.0114. The molecular formula is C21H19N3O2S. The molecule has 0 amide bonds. The summed E-state index contributed by atoms with van der Waals surface area (Å²) in [4.78, 5) is 16.4. The third kappa shape index (κ3) is 3.82. The maximum absolute atomic E-state index is 11.0. The van der Waals surface area contributed by atoms with Gasteiger partial charge in [0.2, 0.25) is 0 Å². The van der Waals surface area contributed by atoms with Crippen LogP contribution >= 0.6 is 11.8 Å². The van der Waals surface area contributed by atoms with Crippen LogP contribution in [0, 0.1) is 0 Å². The van der Waals surface area contributed by atoms with Crippen molar-refractivity contribution in [3.8, 4) is 11.1 Å². The fourth-order valence-corrected chi connectivity index (χ4v) is 4.06.